The van der Waals surface area contributed by atoms with Crippen molar-refractivity contribution in [2.45, 2.75) is 365 Å². The van der Waals surface area contributed by atoms with Gasteiger partial charge in [-0.1, -0.05) is 261 Å². The van der Waals surface area contributed by atoms with Gasteiger partial charge in [0.25, 0.3) is 0 Å². The van der Waals surface area contributed by atoms with Gasteiger partial charge in [-0.05, 0) is 97.9 Å². The lowest BCUT2D eigenvalue weighted by Gasteiger charge is -2.52. The fourth-order valence-corrected chi connectivity index (χ4v) is 22.8. The highest BCUT2D eigenvalue weighted by Crippen LogP contribution is 2.54. The van der Waals surface area contributed by atoms with E-state index in [2.05, 4.69) is 15.3 Å². The molecule has 1 amide bonds. The maximum Gasteiger partial charge on any atom is 0.217 e. The summed E-state index contributed by atoms with van der Waals surface area (Å²) >= 11 is 0. The second-order valence-corrected chi connectivity index (χ2v) is 40.9. The van der Waals surface area contributed by atoms with Crippen LogP contribution in [-0.4, -0.2) is 262 Å². The highest BCUT2D eigenvalue weighted by Gasteiger charge is 2.69. The van der Waals surface area contributed by atoms with E-state index in [-0.39, 0.29) is 66.1 Å². The van der Waals surface area contributed by atoms with Crippen LogP contribution >= 0.6 is 0 Å². The monoisotopic (exact) mass is 2010 g/mol. The third-order valence-electron chi connectivity index (χ3n) is 29.6. The summed E-state index contributed by atoms with van der Waals surface area (Å²) in [7, 11) is 0. The van der Waals surface area contributed by atoms with Crippen molar-refractivity contribution >= 4 is 5.91 Å². The molecule has 8 aromatic carbocycles. The Morgan fingerprint density at radius 1 is 0.363 bits per heavy atom. The highest BCUT2D eigenvalue weighted by atomic mass is 16.8. The Labute approximate surface area is 850 Å². The summed E-state index contributed by atoms with van der Waals surface area (Å²) in [5.74, 6) is -4.87. The molecule has 10 saturated heterocycles. The number of carbonyl (C=O) groups is 1. The standard InChI is InChI=1S/C112H134N4O30/c1-68(118)114-82-90(122-59-71-40-20-8-21-41-71)87-80(66-127-103(135-87)76-50-30-13-31-51-76)131-104(82)128-65-79-85(121-58-70-38-18-7-19-39-70)94(138-108-102(126-63-75-48-28-12-29-49-75)96-89(140-110(4,5)142-96)81(134-108)67-129-106-101(125-62-74-46-26-11-27-47-74)95-88(77(56-117)130-106)139-109(2,3)141-95)100(124-61-73-44-24-10-25-45-73)107(133-79)136-86-78(64-120-57-69-36-16-6-17-37-69)132-105(83(115-116-113)91(86)123-60-72-42-22-9-23-43-72)137-92-84(119)93-98(145-111(143-93)52-32-14-33-53-111)99-97(92)144-112(146-99)54-34-15-35-55-112/h6-13,16-31,36-51,77-108,117,119H,14-15,32-35,52-67H2,1-5H3,(H,114,118)/t77-,78-,79-,80-,81-,82-,83-,84+,85-,86-,87-,88+,89+,90-,91-,92+,93+,94+,95+,96+,97-,98+,99+,100+,101-,102-,103-,104-,105-,106+,107-,108-/m1/s1. The first-order valence-electron chi connectivity index (χ1n) is 51.7. The van der Waals surface area contributed by atoms with Crippen molar-refractivity contribution in [1.29, 1.82) is 0 Å². The smallest absolute Gasteiger partial charge is 0.217 e. The van der Waals surface area contributed by atoms with Gasteiger partial charge in [0.15, 0.2) is 60.9 Å². The van der Waals surface area contributed by atoms with Crippen molar-refractivity contribution in [1.82, 2.24) is 5.32 Å². The maximum atomic E-state index is 14.3. The third-order valence-corrected chi connectivity index (χ3v) is 29.6. The number of azide groups is 1. The molecule has 3 saturated carbocycles. The summed E-state index contributed by atoms with van der Waals surface area (Å²) in [6.07, 6.45) is -27.0. The molecule has 34 heteroatoms. The molecule has 13 fully saturated rings. The summed E-state index contributed by atoms with van der Waals surface area (Å²) in [5, 5.41) is 32.5. The quantitative estimate of drug-likeness (QED) is 0.0184. The summed E-state index contributed by atoms with van der Waals surface area (Å²) in [4.78, 5) is 17.9. The molecule has 782 valence electrons. The summed E-state index contributed by atoms with van der Waals surface area (Å²) in [6.45, 7) is 7.14. The average Bonchev–Trinajstić information content (AvgIpc) is 1.55. The molecule has 8 aromatic rings. The lowest BCUT2D eigenvalue weighted by Crippen LogP contribution is -2.69. The Morgan fingerprint density at radius 3 is 1.26 bits per heavy atom. The van der Waals surface area contributed by atoms with Gasteiger partial charge in [-0.25, -0.2) is 0 Å². The molecule has 13 aliphatic rings. The van der Waals surface area contributed by atoms with Crippen molar-refractivity contribution in [3.63, 3.8) is 0 Å². The van der Waals surface area contributed by atoms with Crippen LogP contribution in [0.3, 0.4) is 0 Å². The Bertz CT molecular complexity index is 5470. The molecule has 0 bridgehead atoms. The lowest BCUT2D eigenvalue weighted by molar-refractivity contribution is -0.393. The van der Waals surface area contributed by atoms with Crippen LogP contribution in [0.25, 0.3) is 10.4 Å². The van der Waals surface area contributed by atoms with E-state index in [0.717, 1.165) is 83.0 Å². The number of nitrogens with zero attached hydrogens (tertiary/aromatic N) is 3. The van der Waals surface area contributed by atoms with Gasteiger partial charge in [-0.15, -0.1) is 0 Å². The summed E-state index contributed by atoms with van der Waals surface area (Å²) in [6, 6.07) is 74.4. The topological polar surface area (TPSA) is 368 Å². The van der Waals surface area contributed by atoms with E-state index in [1.807, 2.05) is 257 Å². The highest BCUT2D eigenvalue weighted by molar-refractivity contribution is 5.73. The largest absolute Gasteiger partial charge is 0.394 e. The van der Waals surface area contributed by atoms with Gasteiger partial charge < -0.3 is 143 Å². The van der Waals surface area contributed by atoms with Crippen LogP contribution in [-0.2, 0) is 179 Å². The number of aliphatic hydroxyl groups excluding tert-OH is 2. The van der Waals surface area contributed by atoms with Crippen LogP contribution < -0.4 is 5.32 Å². The van der Waals surface area contributed by atoms with Crippen molar-refractivity contribution < 1.29 is 143 Å². The Balaban J connectivity index is 0.701. The fraction of sp³-hybridized carbons (Fsp3) is 0.562. The molecular formula is C112H134N4O30. The number of amides is 1. The molecule has 21 rings (SSSR count). The molecule has 32 atom stereocenters. The zero-order valence-electron chi connectivity index (χ0n) is 82.8. The van der Waals surface area contributed by atoms with Gasteiger partial charge in [-0.2, -0.15) is 0 Å². The van der Waals surface area contributed by atoms with E-state index in [9.17, 15) is 20.5 Å². The predicted octanol–water partition coefficient (Wildman–Crippen LogP) is 14.1. The first kappa shape index (κ1) is 103. The zero-order valence-corrected chi connectivity index (χ0v) is 82.8. The maximum absolute atomic E-state index is 14.3. The number of rotatable bonds is 38. The normalized spacial score (nSPS) is 36.1. The van der Waals surface area contributed by atoms with Crippen LogP contribution in [0, 0.1) is 0 Å². The number of hydrogen-bond acceptors (Lipinski definition) is 31. The lowest BCUT2D eigenvalue weighted by atomic mass is 9.84. The molecule has 2 spiro atoms. The van der Waals surface area contributed by atoms with Crippen molar-refractivity contribution in [2.24, 2.45) is 5.11 Å². The summed E-state index contributed by atoms with van der Waals surface area (Å²) < 4.78 is 196. The summed E-state index contributed by atoms with van der Waals surface area (Å²) in [5.41, 5.74) is 17.7. The van der Waals surface area contributed by atoms with Crippen LogP contribution in [0.2, 0.25) is 0 Å². The van der Waals surface area contributed by atoms with Crippen LogP contribution in [0.5, 0.6) is 0 Å². The number of ether oxygens (including phenoxy) is 27. The zero-order chi connectivity index (χ0) is 99.7. The Morgan fingerprint density at radius 2 is 0.747 bits per heavy atom. The number of nitrogens with one attached hydrogen (secondary N) is 1. The molecule has 0 unspecified atom stereocenters. The van der Waals surface area contributed by atoms with E-state index in [1.54, 1.807) is 13.8 Å². The molecule has 0 radical (unpaired) electrons. The van der Waals surface area contributed by atoms with Gasteiger partial charge in [0, 0.05) is 43.1 Å². The average molecular weight is 2020 g/mol. The molecule has 10 heterocycles. The van der Waals surface area contributed by atoms with Crippen molar-refractivity contribution in [3.8, 4) is 0 Å². The molecule has 34 nitrogen and oxygen atoms in total. The number of fused-ring (bicyclic) bond motifs is 6. The van der Waals surface area contributed by atoms with Crippen molar-refractivity contribution in [3.05, 3.63) is 298 Å². The van der Waals surface area contributed by atoms with Crippen LogP contribution in [0.15, 0.2) is 248 Å². The SMILES string of the molecule is CC(=O)N[C@H]1[C@H](OC[C@H]2O[C@H](O[C@H]3[C@H](OCc4ccccc4)[C@@H](N=[N+]=[N-])[C@@H](O[C@H]4[C@H](O)[C@@H]5OC6(CCCCC6)O[C@@H]5[C@H]5OC6(CCCCC6)O[C@@H]54)O[C@@H]3COCc3ccccc3)[C@@H](OCc3ccccc3)[C@@H](O[C@H]3O[C@H](CO[C@H]4O[C@H](CO)[C@@H]5OC(C)(C)O[C@@H]5[C@H]4OCc4ccccc4)[C@@H]4OC(C)(C)O[C@@H]4[C@H]3OCc3ccccc3)[C@@H]2OCc2ccccc2)O[C@@H]2CO[C@@H](c3ccccc3)O[C@H]2[C@@H]1OCc1ccccc1. The van der Waals surface area contributed by atoms with E-state index in [1.165, 1.54) is 6.92 Å². The molecule has 3 aliphatic carbocycles. The fourth-order valence-electron chi connectivity index (χ4n) is 22.8. The molecule has 146 heavy (non-hydrogen) atoms. The number of benzene rings is 8. The minimum Gasteiger partial charge on any atom is -0.394 e. The van der Waals surface area contributed by atoms with E-state index in [4.69, 9.17) is 128 Å². The minimum atomic E-state index is -1.72. The first-order chi connectivity index (χ1) is 71.3. The van der Waals surface area contributed by atoms with E-state index >= 15 is 0 Å². The molecule has 10 aliphatic heterocycles. The molecule has 0 aromatic heterocycles. The van der Waals surface area contributed by atoms with Gasteiger partial charge in [-0.3, -0.25) is 4.79 Å². The van der Waals surface area contributed by atoms with Crippen LogP contribution in [0.1, 0.15) is 150 Å². The van der Waals surface area contributed by atoms with Crippen molar-refractivity contribution in [2.75, 3.05) is 33.0 Å². The number of aliphatic hydroxyl groups is 2. The van der Waals surface area contributed by atoms with Gasteiger partial charge >= 0.3 is 0 Å². The first-order valence-corrected chi connectivity index (χ1v) is 51.7. The van der Waals surface area contributed by atoms with Crippen LogP contribution in [0.4, 0.5) is 0 Å². The second-order valence-electron chi connectivity index (χ2n) is 40.9. The van der Waals surface area contributed by atoms with E-state index in [0.29, 0.717) is 25.7 Å². The number of carbonyl (C=O) groups excluding carboxylic acids is 1. The number of hydrogen-bond donors (Lipinski definition) is 3. The molecule has 3 N–H and O–H groups in total. The third kappa shape index (κ3) is 24.0. The van der Waals surface area contributed by atoms with Gasteiger partial charge in [0.2, 0.25) is 5.91 Å². The predicted molar refractivity (Wildman–Crippen MR) is 518 cm³/mol. The molecular weight excluding hydrogens is 1880 g/mol. The Kier molecular flexibility index (Phi) is 33.3. The van der Waals surface area contributed by atoms with Gasteiger partial charge in [0.05, 0.1) is 79.3 Å². The van der Waals surface area contributed by atoms with E-state index < -0.39 is 239 Å². The second kappa shape index (κ2) is 47.1. The Hall–Kier alpha value is -8.62. The van der Waals surface area contributed by atoms with Gasteiger partial charge in [0.1, 0.15) is 159 Å². The minimum absolute atomic E-state index is 0.000133.